The summed E-state index contributed by atoms with van der Waals surface area (Å²) >= 11 is 3.20. The highest BCUT2D eigenvalue weighted by Crippen LogP contribution is 2.36. The molecule has 0 fully saturated rings. The summed E-state index contributed by atoms with van der Waals surface area (Å²) in [6.45, 7) is 0. The van der Waals surface area contributed by atoms with Gasteiger partial charge in [0.1, 0.15) is 10.3 Å². The third-order valence-electron chi connectivity index (χ3n) is 3.47. The molecule has 0 aliphatic rings. The lowest BCUT2D eigenvalue weighted by molar-refractivity contribution is -0.137. The van der Waals surface area contributed by atoms with E-state index in [2.05, 4.69) is 21.0 Å². The van der Waals surface area contributed by atoms with E-state index in [4.69, 9.17) is 0 Å². The first kappa shape index (κ1) is 16.4. The van der Waals surface area contributed by atoms with Crippen molar-refractivity contribution in [1.82, 2.24) is 9.78 Å². The number of carbonyl (C=O) groups is 1. The third-order valence-corrected chi connectivity index (χ3v) is 4.23. The number of carbonyl (C=O) groups excluding carboxylic acids is 1. The summed E-state index contributed by atoms with van der Waals surface area (Å²) in [5.74, 6) is 0. The van der Waals surface area contributed by atoms with Gasteiger partial charge in [-0.15, -0.1) is 0 Å². The van der Waals surface area contributed by atoms with E-state index in [0.29, 0.717) is 17.5 Å². The number of aldehydes is 1. The quantitative estimate of drug-likeness (QED) is 0.577. The maximum absolute atomic E-state index is 13.3. The first-order chi connectivity index (χ1) is 11.4. The highest BCUT2D eigenvalue weighted by Gasteiger charge is 2.34. The lowest BCUT2D eigenvalue weighted by Gasteiger charge is -2.13. The van der Waals surface area contributed by atoms with Crippen LogP contribution in [0, 0.1) is 0 Å². The number of nitrogens with zero attached hydrogens (tertiary/aromatic N) is 2. The van der Waals surface area contributed by atoms with E-state index in [-0.39, 0.29) is 15.9 Å². The zero-order valence-electron chi connectivity index (χ0n) is 12.1. The van der Waals surface area contributed by atoms with Crippen molar-refractivity contribution in [3.8, 4) is 16.9 Å². The minimum atomic E-state index is -4.53. The third kappa shape index (κ3) is 2.87. The second-order valence-electron chi connectivity index (χ2n) is 4.96. The van der Waals surface area contributed by atoms with Gasteiger partial charge >= 0.3 is 6.18 Å². The van der Waals surface area contributed by atoms with E-state index in [1.165, 1.54) is 18.2 Å². The molecule has 1 heterocycles. The van der Waals surface area contributed by atoms with Crippen LogP contribution >= 0.6 is 15.9 Å². The van der Waals surface area contributed by atoms with Gasteiger partial charge in [0.25, 0.3) is 0 Å². The fraction of sp³-hybridized carbons (Fsp3) is 0.0588. The monoisotopic (exact) mass is 394 g/mol. The second kappa shape index (κ2) is 6.24. The van der Waals surface area contributed by atoms with Crippen LogP contribution in [0.25, 0.3) is 16.9 Å². The Hall–Kier alpha value is -2.41. The van der Waals surface area contributed by atoms with Crippen LogP contribution in [0.5, 0.6) is 0 Å². The van der Waals surface area contributed by atoms with Gasteiger partial charge in [-0.1, -0.05) is 42.5 Å². The van der Waals surface area contributed by atoms with Crippen molar-refractivity contribution in [1.29, 1.82) is 0 Å². The van der Waals surface area contributed by atoms with Crippen LogP contribution in [0.1, 0.15) is 15.9 Å². The Morgan fingerprint density at radius 1 is 1.00 bits per heavy atom. The molecule has 0 N–H and O–H groups in total. The van der Waals surface area contributed by atoms with Crippen LogP contribution < -0.4 is 0 Å². The van der Waals surface area contributed by atoms with Gasteiger partial charge in [-0.2, -0.15) is 18.3 Å². The molecule has 0 saturated carbocycles. The zero-order valence-corrected chi connectivity index (χ0v) is 13.7. The summed E-state index contributed by atoms with van der Waals surface area (Å²) in [4.78, 5) is 11.4. The largest absolute Gasteiger partial charge is 0.418 e. The molecule has 3 aromatic rings. The smallest absolute Gasteiger partial charge is 0.298 e. The van der Waals surface area contributed by atoms with Crippen molar-refractivity contribution in [2.24, 2.45) is 0 Å². The fourth-order valence-corrected chi connectivity index (χ4v) is 2.93. The number of hydrogen-bond donors (Lipinski definition) is 0. The molecule has 3 nitrogen and oxygen atoms in total. The van der Waals surface area contributed by atoms with Crippen molar-refractivity contribution < 1.29 is 18.0 Å². The summed E-state index contributed by atoms with van der Waals surface area (Å²) in [5.41, 5.74) is 0.170. The van der Waals surface area contributed by atoms with Crippen LogP contribution in [0.2, 0.25) is 0 Å². The Labute approximate surface area is 143 Å². The molecule has 0 amide bonds. The number of benzene rings is 2. The van der Waals surface area contributed by atoms with Gasteiger partial charge in [0.15, 0.2) is 6.29 Å². The highest BCUT2D eigenvalue weighted by atomic mass is 79.9. The Morgan fingerprint density at radius 2 is 1.62 bits per heavy atom. The maximum Gasteiger partial charge on any atom is 0.418 e. The molecule has 1 aromatic heterocycles. The van der Waals surface area contributed by atoms with Crippen LogP contribution in [0.3, 0.4) is 0 Å². The molecular weight excluding hydrogens is 385 g/mol. The summed E-state index contributed by atoms with van der Waals surface area (Å²) in [7, 11) is 0. The predicted molar refractivity (Wildman–Crippen MR) is 87.1 cm³/mol. The standard InChI is InChI=1S/C17H10BrF3N2O/c18-16-12(10-24)15(11-6-2-1-3-7-11)22-23(16)14-9-5-4-8-13(14)17(19,20)21/h1-10H. The Morgan fingerprint density at radius 3 is 2.25 bits per heavy atom. The molecule has 0 saturated heterocycles. The van der Waals surface area contributed by atoms with Crippen molar-refractivity contribution in [2.75, 3.05) is 0 Å². The van der Waals surface area contributed by atoms with Crippen LogP contribution in [0.4, 0.5) is 13.2 Å². The molecule has 7 heteroatoms. The Kier molecular flexibility index (Phi) is 4.28. The number of hydrogen-bond acceptors (Lipinski definition) is 2. The molecule has 0 spiro atoms. The Balaban J connectivity index is 2.25. The summed E-state index contributed by atoms with van der Waals surface area (Å²) in [5, 5.41) is 4.23. The molecular formula is C17H10BrF3N2O. The van der Waals surface area contributed by atoms with E-state index in [0.717, 1.165) is 10.7 Å². The van der Waals surface area contributed by atoms with Gasteiger partial charge < -0.3 is 0 Å². The van der Waals surface area contributed by atoms with Gasteiger partial charge in [0.05, 0.1) is 16.8 Å². The lowest BCUT2D eigenvalue weighted by Crippen LogP contribution is -2.11. The van der Waals surface area contributed by atoms with Gasteiger partial charge in [-0.25, -0.2) is 4.68 Å². The first-order valence-corrected chi connectivity index (χ1v) is 7.68. The zero-order chi connectivity index (χ0) is 17.3. The minimum Gasteiger partial charge on any atom is -0.298 e. The molecule has 0 aliphatic heterocycles. The maximum atomic E-state index is 13.3. The summed E-state index contributed by atoms with van der Waals surface area (Å²) < 4.78 is 41.0. The van der Waals surface area contributed by atoms with E-state index in [1.807, 2.05) is 0 Å². The van der Waals surface area contributed by atoms with Gasteiger partial charge in [0.2, 0.25) is 0 Å². The molecule has 0 unspecified atom stereocenters. The molecule has 3 rings (SSSR count). The van der Waals surface area contributed by atoms with Crippen LogP contribution in [0.15, 0.2) is 59.2 Å². The van der Waals surface area contributed by atoms with Gasteiger partial charge in [0, 0.05) is 5.56 Å². The lowest BCUT2D eigenvalue weighted by atomic mass is 10.1. The number of alkyl halides is 3. The highest BCUT2D eigenvalue weighted by molar-refractivity contribution is 9.10. The molecule has 0 aliphatic carbocycles. The van der Waals surface area contributed by atoms with E-state index >= 15 is 0 Å². The average molecular weight is 395 g/mol. The molecule has 2 aromatic carbocycles. The SMILES string of the molecule is O=Cc1c(-c2ccccc2)nn(-c2ccccc2C(F)(F)F)c1Br. The number of halogens is 4. The Bertz CT molecular complexity index is 889. The fourth-order valence-electron chi connectivity index (χ4n) is 2.38. The summed E-state index contributed by atoms with van der Waals surface area (Å²) in [6, 6.07) is 13.9. The van der Waals surface area contributed by atoms with Crippen LogP contribution in [-0.4, -0.2) is 16.1 Å². The average Bonchev–Trinajstić information content (AvgIpc) is 2.91. The topological polar surface area (TPSA) is 34.9 Å². The summed E-state index contributed by atoms with van der Waals surface area (Å²) in [6.07, 6.45) is -3.96. The van der Waals surface area contributed by atoms with Gasteiger partial charge in [-0.3, -0.25) is 4.79 Å². The number of rotatable bonds is 3. The van der Waals surface area contributed by atoms with E-state index < -0.39 is 11.7 Å². The molecule has 0 bridgehead atoms. The van der Waals surface area contributed by atoms with Crippen molar-refractivity contribution in [3.05, 3.63) is 70.3 Å². The number of para-hydroxylation sites is 1. The first-order valence-electron chi connectivity index (χ1n) is 6.89. The normalized spacial score (nSPS) is 11.5. The number of aromatic nitrogens is 2. The van der Waals surface area contributed by atoms with Crippen molar-refractivity contribution in [3.63, 3.8) is 0 Å². The van der Waals surface area contributed by atoms with E-state index in [1.54, 1.807) is 30.3 Å². The van der Waals surface area contributed by atoms with Gasteiger partial charge in [-0.05, 0) is 28.1 Å². The van der Waals surface area contributed by atoms with E-state index in [9.17, 15) is 18.0 Å². The molecule has 0 radical (unpaired) electrons. The van der Waals surface area contributed by atoms with Crippen LogP contribution in [-0.2, 0) is 6.18 Å². The van der Waals surface area contributed by atoms with Crippen molar-refractivity contribution >= 4 is 22.2 Å². The minimum absolute atomic E-state index is 0.151. The molecule has 24 heavy (non-hydrogen) atoms. The predicted octanol–water partition coefficient (Wildman–Crippen LogP) is 5.13. The van der Waals surface area contributed by atoms with Crippen molar-refractivity contribution in [2.45, 2.75) is 6.18 Å². The second-order valence-corrected chi connectivity index (χ2v) is 5.71. The molecule has 0 atom stereocenters. The molecule has 122 valence electrons.